The molecule has 0 aromatic rings. The van der Waals surface area contributed by atoms with E-state index < -0.39 is 0 Å². The van der Waals surface area contributed by atoms with E-state index in [1.807, 2.05) is 20.8 Å². The summed E-state index contributed by atoms with van der Waals surface area (Å²) in [6, 6.07) is 0. The summed E-state index contributed by atoms with van der Waals surface area (Å²) < 4.78 is 10.9. The first-order valence-electron chi connectivity index (χ1n) is 6.06. The van der Waals surface area contributed by atoms with Crippen LogP contribution >= 0.6 is 0 Å². The van der Waals surface area contributed by atoms with Crippen molar-refractivity contribution in [3.63, 3.8) is 0 Å². The number of imide groups is 1. The van der Waals surface area contributed by atoms with E-state index in [9.17, 15) is 9.59 Å². The largest absolute Gasteiger partial charge is 0.379 e. The molecule has 0 aromatic heterocycles. The third-order valence-corrected chi connectivity index (χ3v) is 3.00. The molecule has 1 heterocycles. The number of hydrogen-bond acceptors (Lipinski definition) is 4. The molecule has 1 rings (SSSR count). The highest BCUT2D eigenvalue weighted by molar-refractivity contribution is 6.12. The molecule has 1 atom stereocenters. The highest BCUT2D eigenvalue weighted by atomic mass is 16.5. The summed E-state index contributed by atoms with van der Waals surface area (Å²) in [6.07, 6.45) is 3.14. The van der Waals surface area contributed by atoms with Crippen LogP contribution in [0.3, 0.4) is 0 Å². The molecule has 1 aliphatic rings. The Bertz CT molecular complexity index is 331. The van der Waals surface area contributed by atoms with Crippen molar-refractivity contribution in [3.05, 3.63) is 12.2 Å². The molecule has 0 radical (unpaired) electrons. The monoisotopic (exact) mass is 255 g/mol. The maximum atomic E-state index is 11.3. The third kappa shape index (κ3) is 4.23. The summed E-state index contributed by atoms with van der Waals surface area (Å²) in [7, 11) is 1.66. The molecule has 1 aliphatic heterocycles. The van der Waals surface area contributed by atoms with Gasteiger partial charge in [-0.15, -0.1) is 0 Å². The summed E-state index contributed by atoms with van der Waals surface area (Å²) in [5.74, 6) is -0.541. The molecule has 0 aliphatic carbocycles. The van der Waals surface area contributed by atoms with Crippen molar-refractivity contribution in [3.8, 4) is 0 Å². The SMILES string of the molecule is COC(C)(C)CCOC(C)CN1C(=O)C=CC1=O. The smallest absolute Gasteiger partial charge is 0.253 e. The molecule has 0 aromatic carbocycles. The lowest BCUT2D eigenvalue weighted by Gasteiger charge is -2.25. The van der Waals surface area contributed by atoms with Crippen molar-refractivity contribution in [1.29, 1.82) is 0 Å². The number of carbonyl (C=O) groups is 2. The Labute approximate surface area is 108 Å². The predicted molar refractivity (Wildman–Crippen MR) is 67.0 cm³/mol. The van der Waals surface area contributed by atoms with Crippen LogP contribution in [0.25, 0.3) is 0 Å². The zero-order chi connectivity index (χ0) is 13.8. The number of nitrogens with zero attached hydrogens (tertiary/aromatic N) is 1. The summed E-state index contributed by atoms with van der Waals surface area (Å²) in [6.45, 7) is 6.64. The van der Waals surface area contributed by atoms with E-state index in [1.165, 1.54) is 17.1 Å². The fourth-order valence-electron chi connectivity index (χ4n) is 1.53. The standard InChI is InChI=1S/C13H21NO4/c1-10(18-8-7-13(2,3)17-4)9-14-11(15)5-6-12(14)16/h5-6,10H,7-9H2,1-4H3. The molecule has 0 fully saturated rings. The Morgan fingerprint density at radius 3 is 2.33 bits per heavy atom. The maximum Gasteiger partial charge on any atom is 0.253 e. The summed E-state index contributed by atoms with van der Waals surface area (Å²) in [4.78, 5) is 23.9. The van der Waals surface area contributed by atoms with Gasteiger partial charge in [0.15, 0.2) is 0 Å². The molecular formula is C13H21NO4. The summed E-state index contributed by atoms with van der Waals surface area (Å²) in [5, 5.41) is 0. The number of rotatable bonds is 7. The van der Waals surface area contributed by atoms with E-state index in [-0.39, 0.29) is 30.1 Å². The highest BCUT2D eigenvalue weighted by Crippen LogP contribution is 2.13. The van der Waals surface area contributed by atoms with Gasteiger partial charge in [0.25, 0.3) is 11.8 Å². The molecule has 5 heteroatoms. The van der Waals surface area contributed by atoms with Gasteiger partial charge >= 0.3 is 0 Å². The van der Waals surface area contributed by atoms with E-state index in [0.29, 0.717) is 6.61 Å². The molecule has 102 valence electrons. The van der Waals surface area contributed by atoms with E-state index in [1.54, 1.807) is 7.11 Å². The van der Waals surface area contributed by atoms with E-state index >= 15 is 0 Å². The van der Waals surface area contributed by atoms with Crippen LogP contribution in [-0.2, 0) is 19.1 Å². The topological polar surface area (TPSA) is 55.8 Å². The first-order valence-corrected chi connectivity index (χ1v) is 6.06. The Kier molecular flexibility index (Phi) is 5.04. The molecule has 0 saturated carbocycles. The lowest BCUT2D eigenvalue weighted by Crippen LogP contribution is -2.37. The molecule has 1 unspecified atom stereocenters. The fourth-order valence-corrected chi connectivity index (χ4v) is 1.53. The third-order valence-electron chi connectivity index (χ3n) is 3.00. The van der Waals surface area contributed by atoms with Gasteiger partial charge in [0.05, 0.1) is 18.2 Å². The van der Waals surface area contributed by atoms with Crippen LogP contribution in [-0.4, -0.2) is 48.7 Å². The van der Waals surface area contributed by atoms with Crippen LogP contribution < -0.4 is 0 Å². The van der Waals surface area contributed by atoms with Gasteiger partial charge in [-0.05, 0) is 27.2 Å². The van der Waals surface area contributed by atoms with Crippen LogP contribution in [0.4, 0.5) is 0 Å². The highest BCUT2D eigenvalue weighted by Gasteiger charge is 2.25. The van der Waals surface area contributed by atoms with Crippen LogP contribution in [0.15, 0.2) is 12.2 Å². The first kappa shape index (κ1) is 14.9. The Morgan fingerprint density at radius 2 is 1.83 bits per heavy atom. The molecule has 18 heavy (non-hydrogen) atoms. The average molecular weight is 255 g/mol. The normalized spacial score (nSPS) is 17.7. The molecule has 5 nitrogen and oxygen atoms in total. The number of methoxy groups -OCH3 is 1. The van der Waals surface area contributed by atoms with Gasteiger partial charge in [-0.25, -0.2) is 0 Å². The predicted octanol–water partition coefficient (Wildman–Crippen LogP) is 1.13. The molecule has 0 spiro atoms. The van der Waals surface area contributed by atoms with Gasteiger partial charge in [-0.2, -0.15) is 0 Å². The van der Waals surface area contributed by atoms with Crippen molar-refractivity contribution < 1.29 is 19.1 Å². The van der Waals surface area contributed by atoms with Crippen LogP contribution in [0.2, 0.25) is 0 Å². The number of ether oxygens (including phenoxy) is 2. The summed E-state index contributed by atoms with van der Waals surface area (Å²) in [5.41, 5.74) is -0.222. The van der Waals surface area contributed by atoms with Gasteiger partial charge in [0.1, 0.15) is 0 Å². The van der Waals surface area contributed by atoms with E-state index in [4.69, 9.17) is 9.47 Å². The Morgan fingerprint density at radius 1 is 1.28 bits per heavy atom. The lowest BCUT2D eigenvalue weighted by atomic mass is 10.1. The maximum absolute atomic E-state index is 11.3. The van der Waals surface area contributed by atoms with Gasteiger partial charge in [-0.1, -0.05) is 0 Å². The van der Waals surface area contributed by atoms with Gasteiger partial charge in [-0.3, -0.25) is 14.5 Å². The molecule has 0 saturated heterocycles. The van der Waals surface area contributed by atoms with Gasteiger partial charge in [0.2, 0.25) is 0 Å². The Balaban J connectivity index is 2.28. The minimum atomic E-state index is -0.271. The van der Waals surface area contributed by atoms with Gasteiger partial charge in [0, 0.05) is 25.9 Å². The second-order valence-corrected chi connectivity index (χ2v) is 5.02. The van der Waals surface area contributed by atoms with Crippen LogP contribution in [0, 0.1) is 0 Å². The zero-order valence-electron chi connectivity index (χ0n) is 11.4. The molecule has 0 bridgehead atoms. The van der Waals surface area contributed by atoms with E-state index in [0.717, 1.165) is 6.42 Å². The quantitative estimate of drug-likeness (QED) is 0.640. The second kappa shape index (κ2) is 6.11. The Hall–Kier alpha value is -1.20. The van der Waals surface area contributed by atoms with Crippen molar-refractivity contribution in [1.82, 2.24) is 4.90 Å². The van der Waals surface area contributed by atoms with Gasteiger partial charge < -0.3 is 9.47 Å². The minimum absolute atomic E-state index is 0.176. The molecule has 0 N–H and O–H groups in total. The second-order valence-electron chi connectivity index (χ2n) is 5.02. The number of hydrogen-bond donors (Lipinski definition) is 0. The first-order chi connectivity index (χ1) is 8.35. The molecular weight excluding hydrogens is 234 g/mol. The number of amides is 2. The zero-order valence-corrected chi connectivity index (χ0v) is 11.4. The molecule has 2 amide bonds. The van der Waals surface area contributed by atoms with Crippen LogP contribution in [0.1, 0.15) is 27.2 Å². The lowest BCUT2D eigenvalue weighted by molar-refractivity contribution is -0.139. The summed E-state index contributed by atoms with van der Waals surface area (Å²) >= 11 is 0. The van der Waals surface area contributed by atoms with Crippen molar-refractivity contribution >= 4 is 11.8 Å². The van der Waals surface area contributed by atoms with E-state index in [2.05, 4.69) is 0 Å². The van der Waals surface area contributed by atoms with Crippen molar-refractivity contribution in [2.24, 2.45) is 0 Å². The van der Waals surface area contributed by atoms with Crippen molar-refractivity contribution in [2.75, 3.05) is 20.3 Å². The van der Waals surface area contributed by atoms with Crippen LogP contribution in [0.5, 0.6) is 0 Å². The minimum Gasteiger partial charge on any atom is -0.379 e. The average Bonchev–Trinajstić information content (AvgIpc) is 2.60. The fraction of sp³-hybridized carbons (Fsp3) is 0.692. The van der Waals surface area contributed by atoms with Crippen molar-refractivity contribution in [2.45, 2.75) is 38.9 Å². The number of carbonyl (C=O) groups excluding carboxylic acids is 2.